The molecule has 0 radical (unpaired) electrons. The lowest BCUT2D eigenvalue weighted by atomic mass is 10.1. The summed E-state index contributed by atoms with van der Waals surface area (Å²) in [6, 6.07) is 9.90. The van der Waals surface area contributed by atoms with E-state index in [-0.39, 0.29) is 0 Å². The number of hydrogen-bond donors (Lipinski definition) is 2. The minimum absolute atomic E-state index is 0.605. The van der Waals surface area contributed by atoms with Crippen LogP contribution in [-0.2, 0) is 6.42 Å². The fourth-order valence-electron chi connectivity index (χ4n) is 2.29. The molecule has 1 aliphatic rings. The van der Waals surface area contributed by atoms with Crippen LogP contribution in [0.2, 0.25) is 0 Å². The lowest BCUT2D eigenvalue weighted by Crippen LogP contribution is -2.25. The van der Waals surface area contributed by atoms with Crippen molar-refractivity contribution in [3.05, 3.63) is 29.8 Å². The zero-order valence-electron chi connectivity index (χ0n) is 10.3. The van der Waals surface area contributed by atoms with E-state index in [1.165, 1.54) is 30.5 Å². The summed E-state index contributed by atoms with van der Waals surface area (Å²) in [5, 5.41) is 7.06. The molecule has 0 spiro atoms. The molecule has 2 heteroatoms. The van der Waals surface area contributed by atoms with Crippen LogP contribution in [0.4, 0.5) is 5.69 Å². The van der Waals surface area contributed by atoms with Crippen LogP contribution < -0.4 is 10.6 Å². The number of benzene rings is 1. The van der Waals surface area contributed by atoms with E-state index in [2.05, 4.69) is 48.7 Å². The molecular weight excluding hydrogens is 196 g/mol. The summed E-state index contributed by atoms with van der Waals surface area (Å²) in [5.41, 5.74) is 2.81. The summed E-state index contributed by atoms with van der Waals surface area (Å²) in [7, 11) is 0. The quantitative estimate of drug-likeness (QED) is 0.743. The van der Waals surface area contributed by atoms with Gasteiger partial charge in [-0.1, -0.05) is 32.0 Å². The van der Waals surface area contributed by atoms with Crippen LogP contribution in [-0.4, -0.2) is 18.6 Å². The van der Waals surface area contributed by atoms with E-state index < -0.39 is 0 Å². The second kappa shape index (κ2) is 5.35. The summed E-state index contributed by atoms with van der Waals surface area (Å²) in [6.07, 6.45) is 3.70. The van der Waals surface area contributed by atoms with Crippen molar-refractivity contribution < 1.29 is 0 Å². The number of para-hydroxylation sites is 1. The third kappa shape index (κ3) is 2.99. The number of rotatable bonds is 5. The fourth-order valence-corrected chi connectivity index (χ4v) is 2.29. The molecule has 1 heterocycles. The minimum atomic E-state index is 0.605. The molecule has 1 aromatic rings. The molecule has 0 saturated carbocycles. The molecule has 1 unspecified atom stereocenters. The molecule has 0 bridgehead atoms. The zero-order valence-corrected chi connectivity index (χ0v) is 10.3. The Morgan fingerprint density at radius 2 is 2.19 bits per heavy atom. The summed E-state index contributed by atoms with van der Waals surface area (Å²) < 4.78 is 0. The van der Waals surface area contributed by atoms with Crippen LogP contribution in [0.3, 0.4) is 0 Å². The Labute approximate surface area is 98.4 Å². The van der Waals surface area contributed by atoms with Gasteiger partial charge in [0.05, 0.1) is 0 Å². The number of nitrogens with one attached hydrogen (secondary N) is 2. The van der Waals surface area contributed by atoms with Crippen LogP contribution >= 0.6 is 0 Å². The number of anilines is 1. The second-order valence-corrected chi connectivity index (χ2v) is 4.95. The van der Waals surface area contributed by atoms with Gasteiger partial charge in [-0.15, -0.1) is 0 Å². The first-order chi connectivity index (χ1) is 7.75. The van der Waals surface area contributed by atoms with Gasteiger partial charge in [0.2, 0.25) is 0 Å². The van der Waals surface area contributed by atoms with Gasteiger partial charge in [0.15, 0.2) is 0 Å². The van der Waals surface area contributed by atoms with Gasteiger partial charge in [0.1, 0.15) is 0 Å². The third-order valence-corrected chi connectivity index (χ3v) is 3.13. The molecule has 16 heavy (non-hydrogen) atoms. The van der Waals surface area contributed by atoms with Crippen LogP contribution in [0.5, 0.6) is 0 Å². The molecule has 2 N–H and O–H groups in total. The first kappa shape index (κ1) is 11.5. The largest absolute Gasteiger partial charge is 0.382 e. The Morgan fingerprint density at radius 3 is 2.94 bits per heavy atom. The van der Waals surface area contributed by atoms with Gasteiger partial charge in [0, 0.05) is 17.8 Å². The molecule has 1 aromatic carbocycles. The highest BCUT2D eigenvalue weighted by molar-refractivity contribution is 5.56. The SMILES string of the molecule is CC(C)NCCCC1Cc2ccccc2N1. The molecule has 0 saturated heterocycles. The van der Waals surface area contributed by atoms with Crippen molar-refractivity contribution in [2.45, 2.75) is 45.2 Å². The van der Waals surface area contributed by atoms with E-state index in [0.29, 0.717) is 12.1 Å². The van der Waals surface area contributed by atoms with Crippen molar-refractivity contribution in [3.63, 3.8) is 0 Å². The van der Waals surface area contributed by atoms with Gasteiger partial charge in [-0.3, -0.25) is 0 Å². The predicted octanol–water partition coefficient (Wildman–Crippen LogP) is 2.80. The van der Waals surface area contributed by atoms with E-state index in [0.717, 1.165) is 6.54 Å². The first-order valence-corrected chi connectivity index (χ1v) is 6.33. The van der Waals surface area contributed by atoms with Crippen LogP contribution in [0, 0.1) is 0 Å². The van der Waals surface area contributed by atoms with Crippen LogP contribution in [0.1, 0.15) is 32.3 Å². The highest BCUT2D eigenvalue weighted by Crippen LogP contribution is 2.26. The van der Waals surface area contributed by atoms with E-state index in [1.54, 1.807) is 0 Å². The van der Waals surface area contributed by atoms with E-state index in [9.17, 15) is 0 Å². The van der Waals surface area contributed by atoms with Gasteiger partial charge in [-0.2, -0.15) is 0 Å². The van der Waals surface area contributed by atoms with Crippen molar-refractivity contribution in [1.82, 2.24) is 5.32 Å². The maximum absolute atomic E-state index is 3.59. The fraction of sp³-hybridized carbons (Fsp3) is 0.571. The van der Waals surface area contributed by atoms with Gasteiger partial charge in [-0.05, 0) is 37.4 Å². The highest BCUT2D eigenvalue weighted by Gasteiger charge is 2.18. The molecule has 2 rings (SSSR count). The van der Waals surface area contributed by atoms with Gasteiger partial charge in [0.25, 0.3) is 0 Å². The van der Waals surface area contributed by atoms with Gasteiger partial charge in [-0.25, -0.2) is 0 Å². The average Bonchev–Trinajstić information content (AvgIpc) is 2.66. The minimum Gasteiger partial charge on any atom is -0.382 e. The van der Waals surface area contributed by atoms with Crippen molar-refractivity contribution >= 4 is 5.69 Å². The average molecular weight is 218 g/mol. The second-order valence-electron chi connectivity index (χ2n) is 4.95. The summed E-state index contributed by atoms with van der Waals surface area (Å²) in [5.74, 6) is 0. The van der Waals surface area contributed by atoms with Crippen LogP contribution in [0.15, 0.2) is 24.3 Å². The molecule has 0 amide bonds. The summed E-state index contributed by atoms with van der Waals surface area (Å²) >= 11 is 0. The summed E-state index contributed by atoms with van der Waals surface area (Å²) in [4.78, 5) is 0. The Hall–Kier alpha value is -1.02. The number of hydrogen-bond acceptors (Lipinski definition) is 2. The topological polar surface area (TPSA) is 24.1 Å². The molecule has 0 fully saturated rings. The zero-order chi connectivity index (χ0) is 11.4. The predicted molar refractivity (Wildman–Crippen MR) is 69.9 cm³/mol. The molecule has 0 aromatic heterocycles. The Bertz CT molecular complexity index is 308. The maximum Gasteiger partial charge on any atom is 0.0375 e. The van der Waals surface area contributed by atoms with E-state index in [4.69, 9.17) is 0 Å². The summed E-state index contributed by atoms with van der Waals surface area (Å²) in [6.45, 7) is 5.53. The van der Waals surface area contributed by atoms with Crippen molar-refractivity contribution in [2.24, 2.45) is 0 Å². The van der Waals surface area contributed by atoms with Crippen molar-refractivity contribution in [3.8, 4) is 0 Å². The Morgan fingerprint density at radius 1 is 1.38 bits per heavy atom. The Kier molecular flexibility index (Phi) is 3.83. The van der Waals surface area contributed by atoms with E-state index >= 15 is 0 Å². The maximum atomic E-state index is 3.59. The van der Waals surface area contributed by atoms with Crippen LogP contribution in [0.25, 0.3) is 0 Å². The van der Waals surface area contributed by atoms with Gasteiger partial charge < -0.3 is 10.6 Å². The standard InChI is InChI=1S/C14H22N2/c1-11(2)15-9-5-7-13-10-12-6-3-4-8-14(12)16-13/h3-4,6,8,11,13,15-16H,5,7,9-10H2,1-2H3. The van der Waals surface area contributed by atoms with Crippen molar-refractivity contribution in [1.29, 1.82) is 0 Å². The molecule has 88 valence electrons. The monoisotopic (exact) mass is 218 g/mol. The lowest BCUT2D eigenvalue weighted by Gasteiger charge is -2.12. The molecule has 2 nitrogen and oxygen atoms in total. The first-order valence-electron chi connectivity index (χ1n) is 6.33. The van der Waals surface area contributed by atoms with Crippen molar-refractivity contribution in [2.75, 3.05) is 11.9 Å². The Balaban J connectivity index is 1.71. The van der Waals surface area contributed by atoms with E-state index in [1.807, 2.05) is 0 Å². The number of fused-ring (bicyclic) bond motifs is 1. The normalized spacial score (nSPS) is 18.6. The molecular formula is C14H22N2. The smallest absolute Gasteiger partial charge is 0.0375 e. The molecule has 1 aliphatic heterocycles. The molecule has 1 atom stereocenters. The van der Waals surface area contributed by atoms with Gasteiger partial charge >= 0.3 is 0 Å². The lowest BCUT2D eigenvalue weighted by molar-refractivity contribution is 0.536. The third-order valence-electron chi connectivity index (χ3n) is 3.13. The highest BCUT2D eigenvalue weighted by atomic mass is 14.9. The molecule has 0 aliphatic carbocycles.